The van der Waals surface area contributed by atoms with Crippen LogP contribution in [-0.4, -0.2) is 34.8 Å². The molecular weight excluding hydrogens is 292 g/mol. The third kappa shape index (κ3) is 3.19. The van der Waals surface area contributed by atoms with Crippen LogP contribution in [-0.2, 0) is 11.3 Å². The normalized spacial score (nSPS) is 22.4. The van der Waals surface area contributed by atoms with Crippen LogP contribution >= 0.6 is 11.6 Å². The average Bonchev–Trinajstić information content (AvgIpc) is 2.76. The molecule has 0 bridgehead atoms. The lowest BCUT2D eigenvalue weighted by Crippen LogP contribution is -2.36. The first-order chi connectivity index (χ1) is 9.73. The molecule has 21 heavy (non-hydrogen) atoms. The number of ketones is 1. The van der Waals surface area contributed by atoms with Gasteiger partial charge in [0.25, 0.3) is 0 Å². The summed E-state index contributed by atoms with van der Waals surface area (Å²) in [4.78, 5) is 25.0. The Labute approximate surface area is 128 Å². The van der Waals surface area contributed by atoms with E-state index < -0.39 is 5.41 Å². The minimum Gasteiger partial charge on any atom is -0.507 e. The van der Waals surface area contributed by atoms with E-state index in [9.17, 15) is 14.7 Å². The van der Waals surface area contributed by atoms with Crippen molar-refractivity contribution in [1.82, 2.24) is 4.90 Å². The second kappa shape index (κ2) is 5.66. The molecule has 1 saturated heterocycles. The number of rotatable bonds is 4. The number of nitrogens with zero attached hydrogens (tertiary/aromatic N) is 1. The largest absolute Gasteiger partial charge is 0.507 e. The lowest BCUT2D eigenvalue weighted by atomic mass is 9.89. The highest BCUT2D eigenvalue weighted by Crippen LogP contribution is 2.33. The second-order valence-electron chi connectivity index (χ2n) is 5.90. The van der Waals surface area contributed by atoms with Crippen molar-refractivity contribution in [3.05, 3.63) is 28.3 Å². The highest BCUT2D eigenvalue weighted by molar-refractivity contribution is 6.31. The van der Waals surface area contributed by atoms with Crippen LogP contribution in [0.5, 0.6) is 5.75 Å². The standard InChI is InChI=1S/C15H19ClN2O3/c1-9(19)12-6-11(16)5-10(13(12)20)7-18-4-3-15(2,8-18)14(17)21/h5-6,20H,3-4,7-8H2,1-2H3,(H2,17,21). The summed E-state index contributed by atoms with van der Waals surface area (Å²) in [6.45, 7) is 4.89. The fourth-order valence-electron chi connectivity index (χ4n) is 2.68. The number of Topliss-reactive ketones (excluding diaryl/α,β-unsaturated/α-hetero) is 1. The Balaban J connectivity index is 2.22. The van der Waals surface area contributed by atoms with E-state index >= 15 is 0 Å². The van der Waals surface area contributed by atoms with E-state index in [0.29, 0.717) is 36.6 Å². The van der Waals surface area contributed by atoms with Gasteiger partial charge in [-0.15, -0.1) is 0 Å². The zero-order chi connectivity index (χ0) is 15.8. The molecule has 0 saturated carbocycles. The van der Waals surface area contributed by atoms with Crippen LogP contribution in [0.2, 0.25) is 5.02 Å². The Hall–Kier alpha value is -1.59. The van der Waals surface area contributed by atoms with Gasteiger partial charge in [0.05, 0.1) is 11.0 Å². The van der Waals surface area contributed by atoms with E-state index in [2.05, 4.69) is 0 Å². The van der Waals surface area contributed by atoms with Gasteiger partial charge in [-0.05, 0) is 38.9 Å². The molecule has 1 fully saturated rings. The molecule has 2 rings (SSSR count). The van der Waals surface area contributed by atoms with Gasteiger partial charge < -0.3 is 10.8 Å². The Morgan fingerprint density at radius 2 is 2.14 bits per heavy atom. The van der Waals surface area contributed by atoms with E-state index in [1.165, 1.54) is 13.0 Å². The number of carbonyl (C=O) groups excluding carboxylic acids is 2. The Bertz CT molecular complexity index is 603. The van der Waals surface area contributed by atoms with Crippen molar-refractivity contribution in [2.75, 3.05) is 13.1 Å². The van der Waals surface area contributed by atoms with Crippen molar-refractivity contribution < 1.29 is 14.7 Å². The maximum absolute atomic E-state index is 11.5. The van der Waals surface area contributed by atoms with Crippen LogP contribution in [0, 0.1) is 5.41 Å². The summed E-state index contributed by atoms with van der Waals surface area (Å²) < 4.78 is 0. The zero-order valence-electron chi connectivity index (χ0n) is 12.1. The number of nitrogens with two attached hydrogens (primary N) is 1. The monoisotopic (exact) mass is 310 g/mol. The predicted octanol–water partition coefficient (Wildman–Crippen LogP) is 1.95. The number of carbonyl (C=O) groups is 2. The number of halogens is 1. The van der Waals surface area contributed by atoms with Gasteiger partial charge in [-0.25, -0.2) is 0 Å². The van der Waals surface area contributed by atoms with Crippen molar-refractivity contribution >= 4 is 23.3 Å². The third-order valence-corrected chi connectivity index (χ3v) is 4.29. The first-order valence-electron chi connectivity index (χ1n) is 6.77. The number of amides is 1. The number of primary amides is 1. The molecule has 6 heteroatoms. The predicted molar refractivity (Wildman–Crippen MR) is 80.3 cm³/mol. The summed E-state index contributed by atoms with van der Waals surface area (Å²) in [5, 5.41) is 10.6. The maximum Gasteiger partial charge on any atom is 0.224 e. The summed E-state index contributed by atoms with van der Waals surface area (Å²) in [5.41, 5.74) is 5.68. The molecule has 1 aliphatic heterocycles. The minimum atomic E-state index is -0.544. The van der Waals surface area contributed by atoms with Crippen molar-refractivity contribution in [3.63, 3.8) is 0 Å². The number of phenols is 1. The summed E-state index contributed by atoms with van der Waals surface area (Å²) in [7, 11) is 0. The number of hydrogen-bond acceptors (Lipinski definition) is 4. The van der Waals surface area contributed by atoms with Crippen LogP contribution < -0.4 is 5.73 Å². The summed E-state index contributed by atoms with van der Waals surface area (Å²) in [5.74, 6) is -0.594. The molecule has 1 aromatic rings. The average molecular weight is 311 g/mol. The van der Waals surface area contributed by atoms with Crippen LogP contribution in [0.4, 0.5) is 0 Å². The molecule has 0 radical (unpaired) electrons. The Morgan fingerprint density at radius 3 is 2.67 bits per heavy atom. The highest BCUT2D eigenvalue weighted by Gasteiger charge is 2.38. The van der Waals surface area contributed by atoms with Crippen molar-refractivity contribution in [2.24, 2.45) is 11.1 Å². The molecule has 1 unspecified atom stereocenters. The second-order valence-corrected chi connectivity index (χ2v) is 6.34. The molecule has 0 spiro atoms. The lowest BCUT2D eigenvalue weighted by molar-refractivity contribution is -0.126. The van der Waals surface area contributed by atoms with Crippen molar-refractivity contribution in [3.8, 4) is 5.75 Å². The first kappa shape index (κ1) is 15.8. The van der Waals surface area contributed by atoms with Gasteiger partial charge in [-0.1, -0.05) is 11.6 Å². The fourth-order valence-corrected chi connectivity index (χ4v) is 2.92. The molecule has 0 aromatic heterocycles. The first-order valence-corrected chi connectivity index (χ1v) is 7.15. The molecule has 5 nitrogen and oxygen atoms in total. The van der Waals surface area contributed by atoms with Crippen LogP contribution in [0.1, 0.15) is 36.2 Å². The molecule has 1 atom stereocenters. The maximum atomic E-state index is 11.5. The summed E-state index contributed by atoms with van der Waals surface area (Å²) in [6, 6.07) is 3.10. The van der Waals surface area contributed by atoms with Gasteiger partial charge >= 0.3 is 0 Å². The Kier molecular flexibility index (Phi) is 4.25. The smallest absolute Gasteiger partial charge is 0.224 e. The number of hydrogen-bond donors (Lipinski definition) is 2. The van der Waals surface area contributed by atoms with Crippen LogP contribution in [0.25, 0.3) is 0 Å². The topological polar surface area (TPSA) is 83.6 Å². The van der Waals surface area contributed by atoms with Crippen LogP contribution in [0.3, 0.4) is 0 Å². The SMILES string of the molecule is CC(=O)c1cc(Cl)cc(CN2CCC(C)(C(N)=O)C2)c1O. The molecular formula is C15H19ClN2O3. The molecule has 0 aliphatic carbocycles. The molecule has 1 amide bonds. The summed E-state index contributed by atoms with van der Waals surface area (Å²) >= 11 is 6.00. The van der Waals surface area contributed by atoms with E-state index in [0.717, 1.165) is 0 Å². The molecule has 3 N–H and O–H groups in total. The molecule has 1 heterocycles. The van der Waals surface area contributed by atoms with Gasteiger partial charge in [-0.3, -0.25) is 14.5 Å². The van der Waals surface area contributed by atoms with E-state index in [4.69, 9.17) is 17.3 Å². The summed E-state index contributed by atoms with van der Waals surface area (Å²) in [6.07, 6.45) is 0.684. The van der Waals surface area contributed by atoms with E-state index in [1.807, 2.05) is 11.8 Å². The zero-order valence-corrected chi connectivity index (χ0v) is 12.9. The van der Waals surface area contributed by atoms with Gasteiger partial charge in [-0.2, -0.15) is 0 Å². The lowest BCUT2D eigenvalue weighted by Gasteiger charge is -2.21. The van der Waals surface area contributed by atoms with E-state index in [-0.39, 0.29) is 23.0 Å². The van der Waals surface area contributed by atoms with Crippen LogP contribution in [0.15, 0.2) is 12.1 Å². The number of likely N-dealkylation sites (tertiary alicyclic amines) is 1. The minimum absolute atomic E-state index is 0.0421. The van der Waals surface area contributed by atoms with Gasteiger partial charge in [0.15, 0.2) is 5.78 Å². The van der Waals surface area contributed by atoms with Crippen molar-refractivity contribution in [1.29, 1.82) is 0 Å². The highest BCUT2D eigenvalue weighted by atomic mass is 35.5. The van der Waals surface area contributed by atoms with Gasteiger partial charge in [0.1, 0.15) is 5.75 Å². The third-order valence-electron chi connectivity index (χ3n) is 4.07. The number of aromatic hydroxyl groups is 1. The van der Waals surface area contributed by atoms with Gasteiger partial charge in [0.2, 0.25) is 5.91 Å². The van der Waals surface area contributed by atoms with E-state index in [1.54, 1.807) is 6.07 Å². The molecule has 1 aliphatic rings. The molecule has 114 valence electrons. The number of benzene rings is 1. The molecule has 1 aromatic carbocycles. The fraction of sp³-hybridized carbons (Fsp3) is 0.467. The van der Waals surface area contributed by atoms with Crippen molar-refractivity contribution in [2.45, 2.75) is 26.8 Å². The number of phenolic OH excluding ortho intramolecular Hbond substituents is 1. The van der Waals surface area contributed by atoms with Gasteiger partial charge in [0, 0.05) is 23.7 Å². The Morgan fingerprint density at radius 1 is 1.48 bits per heavy atom. The quantitative estimate of drug-likeness (QED) is 0.833.